The van der Waals surface area contributed by atoms with Gasteiger partial charge in [0.1, 0.15) is 47.0 Å². The maximum atomic E-state index is 13.2. The van der Waals surface area contributed by atoms with Gasteiger partial charge in [-0.25, -0.2) is 9.59 Å². The highest BCUT2D eigenvalue weighted by atomic mass is 32.3. The average Bonchev–Trinajstić information content (AvgIpc) is 3.56. The Morgan fingerprint density at radius 1 is 0.800 bits per heavy atom. The summed E-state index contributed by atoms with van der Waals surface area (Å²) in [5.41, 5.74) is 1.39. The second-order valence-corrected chi connectivity index (χ2v) is 12.1. The fraction of sp³-hybridized carbons (Fsp3) is 0.314. The molecule has 0 saturated heterocycles. The van der Waals surface area contributed by atoms with Crippen LogP contribution in [-0.4, -0.2) is 51.3 Å². The molecule has 0 spiro atoms. The van der Waals surface area contributed by atoms with Crippen LogP contribution in [-0.2, 0) is 33.1 Å². The summed E-state index contributed by atoms with van der Waals surface area (Å²) >= 11 is 0. The molecular formula is C35H36O14S. The maximum Gasteiger partial charge on any atom is 0.446 e. The zero-order valence-corrected chi connectivity index (χ0v) is 29.0. The van der Waals surface area contributed by atoms with Crippen LogP contribution in [0, 0.1) is 6.92 Å². The van der Waals surface area contributed by atoms with Crippen LogP contribution in [0.2, 0.25) is 0 Å². The van der Waals surface area contributed by atoms with E-state index in [4.69, 9.17) is 37.3 Å². The number of benzene rings is 3. The Morgan fingerprint density at radius 3 is 2.06 bits per heavy atom. The van der Waals surface area contributed by atoms with E-state index in [0.29, 0.717) is 22.5 Å². The Hall–Kier alpha value is -5.41. The van der Waals surface area contributed by atoms with Crippen molar-refractivity contribution >= 4 is 44.3 Å². The molecule has 266 valence electrons. The molecule has 1 N–H and O–H groups in total. The smallest absolute Gasteiger partial charge is 0.446 e. The number of methoxy groups -OCH3 is 1. The van der Waals surface area contributed by atoms with Crippen molar-refractivity contribution in [3.8, 4) is 28.7 Å². The Labute approximate surface area is 287 Å². The molecule has 50 heavy (non-hydrogen) atoms. The van der Waals surface area contributed by atoms with E-state index >= 15 is 0 Å². The maximum absolute atomic E-state index is 13.2. The van der Waals surface area contributed by atoms with Gasteiger partial charge in [-0.2, -0.15) is 8.42 Å². The fourth-order valence-electron chi connectivity index (χ4n) is 5.22. The van der Waals surface area contributed by atoms with Gasteiger partial charge in [0.05, 0.1) is 26.4 Å². The van der Waals surface area contributed by atoms with Gasteiger partial charge in [0.25, 0.3) is 0 Å². The molecule has 0 aliphatic heterocycles. The zero-order valence-electron chi connectivity index (χ0n) is 28.2. The van der Waals surface area contributed by atoms with Gasteiger partial charge in [0.15, 0.2) is 28.8 Å². The lowest BCUT2D eigenvalue weighted by Gasteiger charge is -2.14. The Bertz CT molecular complexity index is 2140. The highest BCUT2D eigenvalue weighted by Gasteiger charge is 2.27. The predicted octanol–water partition coefficient (Wildman–Crippen LogP) is 6.98. The number of hydrogen-bond donors (Lipinski definition) is 1. The Kier molecular flexibility index (Phi) is 10.8. The number of carbonyl (C=O) groups excluding carboxylic acids is 2. The normalized spacial score (nSPS) is 11.5. The summed E-state index contributed by atoms with van der Waals surface area (Å²) in [6.45, 7) is 8.72. The molecule has 0 aliphatic rings. The predicted molar refractivity (Wildman–Crippen MR) is 179 cm³/mol. The van der Waals surface area contributed by atoms with Crippen molar-refractivity contribution < 1.29 is 64.0 Å². The zero-order chi connectivity index (χ0) is 36.2. The molecule has 0 saturated carbocycles. The minimum atomic E-state index is -4.94. The molecule has 0 radical (unpaired) electrons. The van der Waals surface area contributed by atoms with Gasteiger partial charge >= 0.3 is 22.3 Å². The molecule has 5 rings (SSSR count). The third-order valence-electron chi connectivity index (χ3n) is 7.16. The SMILES string of the molecule is CCOC(=O)c1c(C)oc2cc(OCc3cccc(OC(C)C)c3)c(OCc3oc4cc(OC)c(OS(=O)(=O)O)cc4c3C(=O)OCC)cc12. The highest BCUT2D eigenvalue weighted by Crippen LogP contribution is 2.40. The van der Waals surface area contributed by atoms with Crippen molar-refractivity contribution in [1.82, 2.24) is 0 Å². The Morgan fingerprint density at radius 2 is 1.40 bits per heavy atom. The van der Waals surface area contributed by atoms with Gasteiger partial charge in [0.2, 0.25) is 0 Å². The average molecular weight is 713 g/mol. The van der Waals surface area contributed by atoms with Crippen molar-refractivity contribution in [2.75, 3.05) is 20.3 Å². The lowest BCUT2D eigenvalue weighted by molar-refractivity contribution is 0.0514. The molecule has 5 aromatic rings. The van der Waals surface area contributed by atoms with Crippen molar-refractivity contribution in [3.63, 3.8) is 0 Å². The van der Waals surface area contributed by atoms with Crippen molar-refractivity contribution in [3.05, 3.63) is 76.7 Å². The van der Waals surface area contributed by atoms with Crippen LogP contribution < -0.4 is 23.1 Å². The monoisotopic (exact) mass is 712 g/mol. The molecule has 0 unspecified atom stereocenters. The van der Waals surface area contributed by atoms with Crippen molar-refractivity contribution in [2.45, 2.75) is 53.9 Å². The molecule has 3 aromatic carbocycles. The van der Waals surface area contributed by atoms with Gasteiger partial charge in [-0.15, -0.1) is 0 Å². The lowest BCUT2D eigenvalue weighted by Crippen LogP contribution is -2.09. The van der Waals surface area contributed by atoms with Crippen LogP contribution in [0.3, 0.4) is 0 Å². The number of furan rings is 2. The summed E-state index contributed by atoms with van der Waals surface area (Å²) in [4.78, 5) is 26.1. The molecule has 0 amide bonds. The number of ether oxygens (including phenoxy) is 6. The standard InChI is InChI=1S/C35H36O14S/c1-7-42-34(36)32-20(5)47-25-16-29(44-17-21-10-9-11-22(12-21)46-19(3)4)28(13-23(25)32)45-18-31-33(35(37)43-8-2)24-14-30(49-50(38,39)40)27(41-6)15-26(24)48-31/h9-16,19H,7-8,17-18H2,1-6H3,(H,38,39,40). The summed E-state index contributed by atoms with van der Waals surface area (Å²) < 4.78 is 82.8. The second kappa shape index (κ2) is 15.0. The van der Waals surface area contributed by atoms with Crippen LogP contribution in [0.25, 0.3) is 21.9 Å². The van der Waals surface area contributed by atoms with Crippen LogP contribution in [0.5, 0.6) is 28.7 Å². The molecule has 14 nitrogen and oxygen atoms in total. The third-order valence-corrected chi connectivity index (χ3v) is 7.55. The molecule has 2 aromatic heterocycles. The van der Waals surface area contributed by atoms with Gasteiger partial charge in [-0.05, 0) is 64.4 Å². The highest BCUT2D eigenvalue weighted by molar-refractivity contribution is 7.81. The molecule has 2 heterocycles. The summed E-state index contributed by atoms with van der Waals surface area (Å²) in [6, 6.07) is 13.0. The molecule has 15 heteroatoms. The van der Waals surface area contributed by atoms with E-state index in [0.717, 1.165) is 5.56 Å². The van der Waals surface area contributed by atoms with Gasteiger partial charge in [-0.3, -0.25) is 4.55 Å². The fourth-order valence-corrected chi connectivity index (χ4v) is 5.57. The lowest BCUT2D eigenvalue weighted by atomic mass is 10.1. The van der Waals surface area contributed by atoms with E-state index in [1.54, 1.807) is 32.9 Å². The summed E-state index contributed by atoms with van der Waals surface area (Å²) in [7, 11) is -3.69. The van der Waals surface area contributed by atoms with E-state index < -0.39 is 28.1 Å². The largest absolute Gasteiger partial charge is 0.493 e. The van der Waals surface area contributed by atoms with Crippen molar-refractivity contribution in [1.29, 1.82) is 0 Å². The van der Waals surface area contributed by atoms with E-state index in [-0.39, 0.29) is 77.6 Å². The van der Waals surface area contributed by atoms with Crippen LogP contribution in [0.15, 0.2) is 57.4 Å². The first-order valence-electron chi connectivity index (χ1n) is 15.5. The van der Waals surface area contributed by atoms with Gasteiger partial charge < -0.3 is 41.4 Å². The van der Waals surface area contributed by atoms with E-state index in [2.05, 4.69) is 4.18 Å². The minimum absolute atomic E-state index is 0.00285. The van der Waals surface area contributed by atoms with Gasteiger partial charge in [-0.1, -0.05) is 12.1 Å². The Balaban J connectivity index is 1.57. The number of fused-ring (bicyclic) bond motifs is 2. The van der Waals surface area contributed by atoms with Gasteiger partial charge in [0, 0.05) is 22.9 Å². The first-order chi connectivity index (χ1) is 23.8. The second-order valence-electron chi connectivity index (χ2n) is 11.1. The van der Waals surface area contributed by atoms with E-state index in [9.17, 15) is 22.6 Å². The molecule has 0 bridgehead atoms. The number of rotatable bonds is 15. The van der Waals surface area contributed by atoms with E-state index in [1.165, 1.54) is 19.2 Å². The molecule has 0 atom stereocenters. The quantitative estimate of drug-likeness (QED) is 0.0868. The third kappa shape index (κ3) is 8.06. The summed E-state index contributed by atoms with van der Waals surface area (Å²) in [6.07, 6.45) is -0.0231. The van der Waals surface area contributed by atoms with Crippen LogP contribution in [0.4, 0.5) is 0 Å². The molecular weight excluding hydrogens is 676 g/mol. The van der Waals surface area contributed by atoms with Crippen LogP contribution >= 0.6 is 0 Å². The topological polar surface area (TPSA) is 179 Å². The van der Waals surface area contributed by atoms with E-state index in [1.807, 2.05) is 38.1 Å². The number of aryl methyl sites for hydroxylation is 1. The number of carbonyl (C=O) groups is 2. The number of esters is 2. The first kappa shape index (κ1) is 35.9. The first-order valence-corrected chi connectivity index (χ1v) is 16.9. The summed E-state index contributed by atoms with van der Waals surface area (Å²) in [5.74, 6) is -0.446. The summed E-state index contributed by atoms with van der Waals surface area (Å²) in [5, 5.41) is 0.509. The van der Waals surface area contributed by atoms with Crippen molar-refractivity contribution in [2.24, 2.45) is 0 Å². The minimum Gasteiger partial charge on any atom is -0.493 e. The van der Waals surface area contributed by atoms with Crippen LogP contribution in [0.1, 0.15) is 65.5 Å². The molecule has 0 fully saturated rings. The number of hydrogen-bond acceptors (Lipinski definition) is 13. The molecule has 0 aliphatic carbocycles.